The number of carbonyl (C=O) groups is 1. The molecule has 1 aromatic heterocycles. The van der Waals surface area contributed by atoms with Crippen LogP contribution in [0.25, 0.3) is 0 Å². The Hall–Kier alpha value is -0.940. The summed E-state index contributed by atoms with van der Waals surface area (Å²) in [5.74, 6) is -0.108. The van der Waals surface area contributed by atoms with E-state index in [2.05, 4.69) is 4.99 Å². The van der Waals surface area contributed by atoms with Crippen LogP contribution < -0.4 is 4.80 Å². The molecule has 0 fully saturated rings. The second kappa shape index (κ2) is 4.34. The normalized spacial score (nSPS) is 12.5. The summed E-state index contributed by atoms with van der Waals surface area (Å²) in [6.07, 6.45) is 1.88. The summed E-state index contributed by atoms with van der Waals surface area (Å²) in [5, 5.41) is 1.90. The minimum absolute atomic E-state index is 0.108. The maximum Gasteiger partial charge on any atom is 0.262 e. The van der Waals surface area contributed by atoms with Crippen molar-refractivity contribution in [2.24, 2.45) is 12.0 Å². The number of thiazole rings is 1. The van der Waals surface area contributed by atoms with Gasteiger partial charge in [-0.05, 0) is 14.1 Å². The zero-order valence-electron chi connectivity index (χ0n) is 8.02. The Morgan fingerprint density at radius 2 is 2.38 bits per heavy atom. The standard InChI is InChI=1S/C8H13N3OS/c1-10(2)6-7(12)9-8-11(3)4-5-13-8/h4-5H,6H2,1-3H3. The van der Waals surface area contributed by atoms with Crippen LogP contribution in [0.1, 0.15) is 0 Å². The Kier molecular flexibility index (Phi) is 3.39. The highest BCUT2D eigenvalue weighted by molar-refractivity contribution is 7.07. The van der Waals surface area contributed by atoms with Crippen LogP contribution in [-0.2, 0) is 11.8 Å². The molecule has 0 saturated heterocycles. The topological polar surface area (TPSA) is 37.6 Å². The number of amides is 1. The molecule has 13 heavy (non-hydrogen) atoms. The van der Waals surface area contributed by atoms with Gasteiger partial charge in [-0.15, -0.1) is 11.3 Å². The number of likely N-dealkylation sites (N-methyl/N-ethyl adjacent to an activating group) is 1. The van der Waals surface area contributed by atoms with Gasteiger partial charge in [0.25, 0.3) is 5.91 Å². The Morgan fingerprint density at radius 1 is 1.69 bits per heavy atom. The van der Waals surface area contributed by atoms with E-state index in [-0.39, 0.29) is 5.91 Å². The molecule has 0 radical (unpaired) electrons. The van der Waals surface area contributed by atoms with Gasteiger partial charge in [-0.3, -0.25) is 4.79 Å². The molecule has 0 aliphatic carbocycles. The maximum atomic E-state index is 11.3. The fraction of sp³-hybridized carbons (Fsp3) is 0.500. The van der Waals surface area contributed by atoms with E-state index in [0.717, 1.165) is 4.80 Å². The molecule has 0 unspecified atom stereocenters. The van der Waals surface area contributed by atoms with Crippen LogP contribution in [0.2, 0.25) is 0 Å². The Labute approximate surface area is 81.1 Å². The molecule has 1 rings (SSSR count). The summed E-state index contributed by atoms with van der Waals surface area (Å²) < 4.78 is 1.83. The summed E-state index contributed by atoms with van der Waals surface area (Å²) in [4.78, 5) is 17.8. The molecule has 5 heteroatoms. The van der Waals surface area contributed by atoms with E-state index < -0.39 is 0 Å². The van der Waals surface area contributed by atoms with Crippen LogP contribution in [0.3, 0.4) is 0 Å². The Bertz CT molecular complexity index is 350. The molecular formula is C8H13N3OS. The van der Waals surface area contributed by atoms with Gasteiger partial charge in [0.15, 0.2) is 4.80 Å². The van der Waals surface area contributed by atoms with Gasteiger partial charge in [-0.1, -0.05) is 0 Å². The van der Waals surface area contributed by atoms with Crippen molar-refractivity contribution in [1.82, 2.24) is 9.47 Å². The molecule has 0 aliphatic heterocycles. The van der Waals surface area contributed by atoms with Crippen LogP contribution >= 0.6 is 11.3 Å². The molecule has 1 aromatic rings. The average molecular weight is 199 g/mol. The second-order valence-electron chi connectivity index (χ2n) is 3.04. The van der Waals surface area contributed by atoms with Crippen molar-refractivity contribution in [2.45, 2.75) is 0 Å². The third kappa shape index (κ3) is 3.12. The van der Waals surface area contributed by atoms with Crippen LogP contribution in [0, 0.1) is 0 Å². The van der Waals surface area contributed by atoms with Gasteiger partial charge in [0.05, 0.1) is 6.54 Å². The van der Waals surface area contributed by atoms with Crippen LogP contribution in [0.5, 0.6) is 0 Å². The Morgan fingerprint density at radius 3 is 2.85 bits per heavy atom. The molecule has 0 bridgehead atoms. The quantitative estimate of drug-likeness (QED) is 0.676. The van der Waals surface area contributed by atoms with Crippen LogP contribution in [0.4, 0.5) is 0 Å². The van der Waals surface area contributed by atoms with Crippen molar-refractivity contribution in [3.05, 3.63) is 16.4 Å². The van der Waals surface area contributed by atoms with Crippen molar-refractivity contribution < 1.29 is 4.79 Å². The number of aryl methyl sites for hydroxylation is 1. The van der Waals surface area contributed by atoms with Crippen molar-refractivity contribution in [3.63, 3.8) is 0 Å². The first kappa shape index (κ1) is 10.1. The lowest BCUT2D eigenvalue weighted by molar-refractivity contribution is -0.118. The van der Waals surface area contributed by atoms with Gasteiger partial charge < -0.3 is 9.47 Å². The molecule has 4 nitrogen and oxygen atoms in total. The third-order valence-corrected chi connectivity index (χ3v) is 2.28. The zero-order valence-corrected chi connectivity index (χ0v) is 8.84. The lowest BCUT2D eigenvalue weighted by atomic mass is 10.6. The monoisotopic (exact) mass is 199 g/mol. The van der Waals surface area contributed by atoms with Gasteiger partial charge in [0.2, 0.25) is 0 Å². The first-order valence-corrected chi connectivity index (χ1v) is 4.80. The number of nitrogens with zero attached hydrogens (tertiary/aromatic N) is 3. The molecule has 0 atom stereocenters. The van der Waals surface area contributed by atoms with E-state index in [1.165, 1.54) is 11.3 Å². The highest BCUT2D eigenvalue weighted by Gasteiger charge is 2.00. The van der Waals surface area contributed by atoms with E-state index in [9.17, 15) is 4.79 Å². The van der Waals surface area contributed by atoms with Gasteiger partial charge in [-0.25, -0.2) is 0 Å². The lowest BCUT2D eigenvalue weighted by Crippen LogP contribution is -2.23. The maximum absolute atomic E-state index is 11.3. The van der Waals surface area contributed by atoms with E-state index >= 15 is 0 Å². The van der Waals surface area contributed by atoms with Gasteiger partial charge in [-0.2, -0.15) is 4.99 Å². The van der Waals surface area contributed by atoms with E-state index in [0.29, 0.717) is 6.54 Å². The summed E-state index contributed by atoms with van der Waals surface area (Å²) in [6, 6.07) is 0. The average Bonchev–Trinajstić information content (AvgIpc) is 2.34. The van der Waals surface area contributed by atoms with Crippen LogP contribution in [0.15, 0.2) is 16.6 Å². The van der Waals surface area contributed by atoms with Gasteiger partial charge in [0.1, 0.15) is 0 Å². The summed E-state index contributed by atoms with van der Waals surface area (Å²) >= 11 is 1.46. The zero-order chi connectivity index (χ0) is 9.84. The predicted octanol–water partition coefficient (Wildman–Crippen LogP) is 0.0755. The molecular weight excluding hydrogens is 186 g/mol. The molecule has 0 saturated carbocycles. The minimum atomic E-state index is -0.108. The SMILES string of the molecule is CN(C)CC(=O)N=c1sccn1C. The summed E-state index contributed by atoms with van der Waals surface area (Å²) in [5.41, 5.74) is 0. The molecule has 0 aliphatic rings. The van der Waals surface area contributed by atoms with E-state index in [4.69, 9.17) is 0 Å². The minimum Gasteiger partial charge on any atom is -0.327 e. The van der Waals surface area contributed by atoms with Crippen molar-refractivity contribution in [1.29, 1.82) is 0 Å². The van der Waals surface area contributed by atoms with Gasteiger partial charge >= 0.3 is 0 Å². The van der Waals surface area contributed by atoms with Crippen molar-refractivity contribution in [2.75, 3.05) is 20.6 Å². The van der Waals surface area contributed by atoms with Gasteiger partial charge in [0, 0.05) is 18.6 Å². The first-order valence-electron chi connectivity index (χ1n) is 3.92. The number of hydrogen-bond acceptors (Lipinski definition) is 3. The molecule has 0 aromatic carbocycles. The van der Waals surface area contributed by atoms with E-state index in [1.54, 1.807) is 4.90 Å². The molecule has 72 valence electrons. The molecule has 1 heterocycles. The molecule has 0 N–H and O–H groups in total. The predicted molar refractivity (Wildman–Crippen MR) is 52.4 cm³/mol. The lowest BCUT2D eigenvalue weighted by Gasteiger charge is -2.03. The van der Waals surface area contributed by atoms with Crippen molar-refractivity contribution >= 4 is 17.2 Å². The third-order valence-electron chi connectivity index (χ3n) is 1.43. The highest BCUT2D eigenvalue weighted by Crippen LogP contribution is 1.87. The van der Waals surface area contributed by atoms with Crippen molar-refractivity contribution in [3.8, 4) is 0 Å². The number of carbonyl (C=O) groups excluding carboxylic acids is 1. The molecule has 0 spiro atoms. The summed E-state index contributed by atoms with van der Waals surface area (Å²) in [6.45, 7) is 0.359. The highest BCUT2D eigenvalue weighted by atomic mass is 32.1. The smallest absolute Gasteiger partial charge is 0.262 e. The van der Waals surface area contributed by atoms with Crippen LogP contribution in [-0.4, -0.2) is 36.0 Å². The summed E-state index contributed by atoms with van der Waals surface area (Å²) in [7, 11) is 5.57. The second-order valence-corrected chi connectivity index (χ2v) is 3.91. The number of rotatable bonds is 2. The first-order chi connectivity index (χ1) is 6.09. The fourth-order valence-corrected chi connectivity index (χ4v) is 1.59. The molecule has 1 amide bonds. The Balaban J connectivity index is 2.78. The number of hydrogen-bond donors (Lipinski definition) is 0. The number of aromatic nitrogens is 1. The fourth-order valence-electron chi connectivity index (χ4n) is 0.847. The largest absolute Gasteiger partial charge is 0.327 e. The van der Waals surface area contributed by atoms with E-state index in [1.807, 2.05) is 37.3 Å².